The second-order valence-corrected chi connectivity index (χ2v) is 6.92. The first kappa shape index (κ1) is 11.5. The minimum atomic E-state index is -2.88. The van der Waals surface area contributed by atoms with Crippen LogP contribution in [0.5, 0.6) is 0 Å². The Labute approximate surface area is 105 Å². The van der Waals surface area contributed by atoms with E-state index in [1.54, 1.807) is 4.52 Å². The van der Waals surface area contributed by atoms with Crippen LogP contribution in [0.15, 0.2) is 18.3 Å². The first-order chi connectivity index (χ1) is 8.52. The average molecular weight is 266 g/mol. The van der Waals surface area contributed by atoms with Crippen LogP contribution in [-0.2, 0) is 9.84 Å². The highest BCUT2D eigenvalue weighted by Gasteiger charge is 2.28. The van der Waals surface area contributed by atoms with Crippen LogP contribution in [0.4, 0.5) is 5.95 Å². The van der Waals surface area contributed by atoms with E-state index in [0.29, 0.717) is 12.4 Å². The van der Waals surface area contributed by atoms with Gasteiger partial charge in [-0.05, 0) is 25.0 Å². The molecule has 1 atom stereocenters. The molecular weight excluding hydrogens is 252 g/mol. The molecule has 1 unspecified atom stereocenters. The predicted octanol–water partition coefficient (Wildman–Crippen LogP) is 0.637. The maximum absolute atomic E-state index is 11.4. The lowest BCUT2D eigenvalue weighted by atomic mass is 10.3. The summed E-state index contributed by atoms with van der Waals surface area (Å²) in [5, 5.41) is 7.37. The lowest BCUT2D eigenvalue weighted by Gasteiger charge is -2.06. The molecule has 2 aromatic rings. The zero-order valence-corrected chi connectivity index (χ0v) is 10.8. The molecule has 1 fully saturated rings. The van der Waals surface area contributed by atoms with E-state index in [1.165, 1.54) is 0 Å². The Balaban J connectivity index is 1.83. The average Bonchev–Trinajstić information content (AvgIpc) is 2.81. The van der Waals surface area contributed by atoms with Crippen molar-refractivity contribution in [2.45, 2.75) is 19.4 Å². The second-order valence-electron chi connectivity index (χ2n) is 4.69. The smallest absolute Gasteiger partial charge is 0.243 e. The minimum absolute atomic E-state index is 0.0755. The van der Waals surface area contributed by atoms with Crippen molar-refractivity contribution in [2.24, 2.45) is 0 Å². The lowest BCUT2D eigenvalue weighted by molar-refractivity contribution is 0.602. The zero-order chi connectivity index (χ0) is 12.8. The Morgan fingerprint density at radius 3 is 3.00 bits per heavy atom. The molecule has 0 amide bonds. The molecule has 2 aromatic heterocycles. The summed E-state index contributed by atoms with van der Waals surface area (Å²) in [6, 6.07) is 3.78. The Morgan fingerprint density at radius 1 is 1.44 bits per heavy atom. The quantitative estimate of drug-likeness (QED) is 0.863. The Morgan fingerprint density at radius 2 is 2.28 bits per heavy atom. The summed E-state index contributed by atoms with van der Waals surface area (Å²) in [4.78, 5) is 4.31. The third-order valence-electron chi connectivity index (χ3n) is 3.04. The SMILES string of the molecule is Cc1ccc2nc(NC3CCS(=O)(=O)C3)nn2c1. The first-order valence-corrected chi connectivity index (χ1v) is 7.64. The Bertz CT molecular complexity index is 692. The van der Waals surface area contributed by atoms with Crippen LogP contribution >= 0.6 is 0 Å². The van der Waals surface area contributed by atoms with Gasteiger partial charge in [0, 0.05) is 12.2 Å². The zero-order valence-electron chi connectivity index (χ0n) is 10.00. The molecule has 1 N–H and O–H groups in total. The standard InChI is InChI=1S/C11H14N4O2S/c1-8-2-3-10-13-11(14-15(10)6-8)12-9-4-5-18(16,17)7-9/h2-3,6,9H,4-5,7H2,1H3,(H,12,14). The van der Waals surface area contributed by atoms with Crippen molar-refractivity contribution in [1.29, 1.82) is 0 Å². The number of aryl methyl sites for hydroxylation is 1. The lowest BCUT2D eigenvalue weighted by Crippen LogP contribution is -2.21. The van der Waals surface area contributed by atoms with Crippen LogP contribution in [0.2, 0.25) is 0 Å². The largest absolute Gasteiger partial charge is 0.349 e. The van der Waals surface area contributed by atoms with Crippen LogP contribution in [0.25, 0.3) is 5.65 Å². The van der Waals surface area contributed by atoms with Crippen molar-refractivity contribution in [3.63, 3.8) is 0 Å². The molecule has 1 saturated heterocycles. The van der Waals surface area contributed by atoms with Gasteiger partial charge in [0.2, 0.25) is 5.95 Å². The van der Waals surface area contributed by atoms with Crippen LogP contribution in [-0.4, -0.2) is 40.6 Å². The number of anilines is 1. The summed E-state index contributed by atoms with van der Waals surface area (Å²) in [5.41, 5.74) is 1.85. The highest BCUT2D eigenvalue weighted by Crippen LogP contribution is 2.16. The fourth-order valence-electron chi connectivity index (χ4n) is 2.14. The van der Waals surface area contributed by atoms with Crippen molar-refractivity contribution in [2.75, 3.05) is 16.8 Å². The summed E-state index contributed by atoms with van der Waals surface area (Å²) < 4.78 is 24.4. The molecule has 0 spiro atoms. The van der Waals surface area contributed by atoms with Gasteiger partial charge in [-0.2, -0.15) is 4.98 Å². The highest BCUT2D eigenvalue weighted by atomic mass is 32.2. The maximum Gasteiger partial charge on any atom is 0.243 e. The van der Waals surface area contributed by atoms with Gasteiger partial charge in [0.15, 0.2) is 15.5 Å². The summed E-state index contributed by atoms with van der Waals surface area (Å²) in [7, 11) is -2.88. The van der Waals surface area contributed by atoms with Gasteiger partial charge in [0.25, 0.3) is 0 Å². The predicted molar refractivity (Wildman–Crippen MR) is 68.4 cm³/mol. The molecule has 3 rings (SSSR count). The van der Waals surface area contributed by atoms with E-state index in [-0.39, 0.29) is 17.5 Å². The molecular formula is C11H14N4O2S. The molecule has 7 heteroatoms. The molecule has 0 saturated carbocycles. The first-order valence-electron chi connectivity index (χ1n) is 5.82. The van der Waals surface area contributed by atoms with Crippen molar-refractivity contribution in [3.8, 4) is 0 Å². The van der Waals surface area contributed by atoms with Crippen molar-refractivity contribution in [3.05, 3.63) is 23.9 Å². The van der Waals surface area contributed by atoms with E-state index >= 15 is 0 Å². The molecule has 96 valence electrons. The van der Waals surface area contributed by atoms with Gasteiger partial charge in [-0.1, -0.05) is 6.07 Å². The molecule has 0 aromatic carbocycles. The van der Waals surface area contributed by atoms with Gasteiger partial charge in [-0.15, -0.1) is 5.10 Å². The van der Waals surface area contributed by atoms with Crippen LogP contribution in [0.1, 0.15) is 12.0 Å². The highest BCUT2D eigenvalue weighted by molar-refractivity contribution is 7.91. The molecule has 0 aliphatic carbocycles. The van der Waals surface area contributed by atoms with Crippen LogP contribution in [0.3, 0.4) is 0 Å². The monoisotopic (exact) mass is 266 g/mol. The van der Waals surface area contributed by atoms with Gasteiger partial charge < -0.3 is 5.32 Å². The van der Waals surface area contributed by atoms with E-state index in [0.717, 1.165) is 11.2 Å². The van der Waals surface area contributed by atoms with Gasteiger partial charge in [-0.3, -0.25) is 0 Å². The fourth-order valence-corrected chi connectivity index (χ4v) is 3.81. The van der Waals surface area contributed by atoms with Crippen LogP contribution < -0.4 is 5.32 Å². The molecule has 18 heavy (non-hydrogen) atoms. The summed E-state index contributed by atoms with van der Waals surface area (Å²) in [6.07, 6.45) is 2.51. The van der Waals surface area contributed by atoms with Crippen molar-refractivity contribution < 1.29 is 8.42 Å². The number of nitrogens with one attached hydrogen (secondary N) is 1. The van der Waals surface area contributed by atoms with E-state index in [9.17, 15) is 8.42 Å². The molecule has 1 aliphatic rings. The number of aromatic nitrogens is 3. The van der Waals surface area contributed by atoms with E-state index in [2.05, 4.69) is 15.4 Å². The van der Waals surface area contributed by atoms with Gasteiger partial charge >= 0.3 is 0 Å². The van der Waals surface area contributed by atoms with Gasteiger partial charge in [0.05, 0.1) is 11.5 Å². The van der Waals surface area contributed by atoms with E-state index in [1.807, 2.05) is 25.3 Å². The number of hydrogen-bond donors (Lipinski definition) is 1. The van der Waals surface area contributed by atoms with E-state index < -0.39 is 9.84 Å². The number of fused-ring (bicyclic) bond motifs is 1. The van der Waals surface area contributed by atoms with Crippen molar-refractivity contribution >= 4 is 21.4 Å². The number of nitrogens with zero attached hydrogens (tertiary/aromatic N) is 3. The maximum atomic E-state index is 11.4. The minimum Gasteiger partial charge on any atom is -0.349 e. The second kappa shape index (κ2) is 3.94. The van der Waals surface area contributed by atoms with Gasteiger partial charge in [0.1, 0.15) is 0 Å². The number of sulfone groups is 1. The van der Waals surface area contributed by atoms with Gasteiger partial charge in [-0.25, -0.2) is 12.9 Å². The molecule has 3 heterocycles. The summed E-state index contributed by atoms with van der Waals surface area (Å²) in [6.45, 7) is 1.98. The fraction of sp³-hybridized carbons (Fsp3) is 0.455. The third-order valence-corrected chi connectivity index (χ3v) is 4.81. The topological polar surface area (TPSA) is 76.4 Å². The van der Waals surface area contributed by atoms with E-state index in [4.69, 9.17) is 0 Å². The Hall–Kier alpha value is -1.63. The summed E-state index contributed by atoms with van der Waals surface area (Å²) >= 11 is 0. The molecule has 1 aliphatic heterocycles. The number of hydrogen-bond acceptors (Lipinski definition) is 5. The third kappa shape index (κ3) is 2.17. The van der Waals surface area contributed by atoms with Crippen molar-refractivity contribution in [1.82, 2.24) is 14.6 Å². The molecule has 6 nitrogen and oxygen atoms in total. The number of rotatable bonds is 2. The molecule has 0 bridgehead atoms. The number of pyridine rings is 1. The van der Waals surface area contributed by atoms with Crippen LogP contribution in [0, 0.1) is 6.92 Å². The molecule has 0 radical (unpaired) electrons. The summed E-state index contributed by atoms with van der Waals surface area (Å²) in [5.74, 6) is 0.904. The Kier molecular flexibility index (Phi) is 2.51. The normalized spacial score (nSPS) is 22.4.